The first-order valence-electron chi connectivity index (χ1n) is 7.35. The Balaban J connectivity index is 2.07. The first-order valence-corrected chi connectivity index (χ1v) is 7.73. The highest BCUT2D eigenvalue weighted by molar-refractivity contribution is 6.30. The average molecular weight is 302 g/mol. The first-order chi connectivity index (χ1) is 10.1. The monoisotopic (exact) mass is 301 g/mol. The fourth-order valence-corrected chi connectivity index (χ4v) is 3.73. The van der Waals surface area contributed by atoms with Gasteiger partial charge >= 0.3 is 0 Å². The van der Waals surface area contributed by atoms with Gasteiger partial charge < -0.3 is 11.5 Å². The Kier molecular flexibility index (Phi) is 3.87. The van der Waals surface area contributed by atoms with E-state index in [0.29, 0.717) is 10.8 Å². The van der Waals surface area contributed by atoms with Crippen molar-refractivity contribution < 1.29 is 0 Å². The number of nitrogens with zero attached hydrogens (tertiary/aromatic N) is 1. The van der Waals surface area contributed by atoms with Crippen molar-refractivity contribution in [3.8, 4) is 0 Å². The second-order valence-corrected chi connectivity index (χ2v) is 6.27. The molecule has 1 atom stereocenters. The highest BCUT2D eigenvalue weighted by Crippen LogP contribution is 2.49. The van der Waals surface area contributed by atoms with Gasteiger partial charge in [-0.2, -0.15) is 0 Å². The minimum Gasteiger partial charge on any atom is -0.383 e. The summed E-state index contributed by atoms with van der Waals surface area (Å²) in [6.07, 6.45) is 6.10. The number of nitrogens with two attached hydrogens (primary N) is 2. The molecule has 1 heterocycles. The van der Waals surface area contributed by atoms with E-state index in [1.54, 1.807) is 6.20 Å². The van der Waals surface area contributed by atoms with Crippen molar-refractivity contribution in [3.63, 3.8) is 0 Å². The summed E-state index contributed by atoms with van der Waals surface area (Å²) >= 11 is 6.09. The van der Waals surface area contributed by atoms with Crippen LogP contribution in [0.2, 0.25) is 5.02 Å². The van der Waals surface area contributed by atoms with E-state index < -0.39 is 0 Å². The lowest BCUT2D eigenvalue weighted by atomic mass is 9.71. The van der Waals surface area contributed by atoms with E-state index in [4.69, 9.17) is 23.1 Å². The smallest absolute Gasteiger partial charge is 0.128 e. The van der Waals surface area contributed by atoms with E-state index in [1.165, 1.54) is 18.4 Å². The maximum absolute atomic E-state index is 6.66. The fraction of sp³-hybridized carbons (Fsp3) is 0.353. The Hall–Kier alpha value is -1.58. The second-order valence-electron chi connectivity index (χ2n) is 5.83. The van der Waals surface area contributed by atoms with Gasteiger partial charge in [-0.1, -0.05) is 54.8 Å². The van der Waals surface area contributed by atoms with Crippen LogP contribution in [0.4, 0.5) is 5.82 Å². The molecule has 0 spiro atoms. The number of benzene rings is 1. The van der Waals surface area contributed by atoms with Gasteiger partial charge in [0.1, 0.15) is 5.82 Å². The molecular formula is C17H20ClN3. The molecule has 2 aromatic rings. The van der Waals surface area contributed by atoms with E-state index in [2.05, 4.69) is 29.2 Å². The van der Waals surface area contributed by atoms with Crippen molar-refractivity contribution in [1.29, 1.82) is 0 Å². The number of rotatable bonds is 3. The number of aromatic nitrogens is 1. The SMILES string of the molecule is Nc1ncc(Cl)cc1C(N)C1(c2ccccc2)CCCC1. The normalized spacial score (nSPS) is 18.6. The largest absolute Gasteiger partial charge is 0.383 e. The molecule has 0 amide bonds. The molecule has 1 fully saturated rings. The summed E-state index contributed by atoms with van der Waals surface area (Å²) in [7, 11) is 0. The van der Waals surface area contributed by atoms with Crippen LogP contribution >= 0.6 is 11.6 Å². The molecule has 3 nitrogen and oxygen atoms in total. The van der Waals surface area contributed by atoms with Crippen molar-refractivity contribution in [3.05, 3.63) is 58.7 Å². The van der Waals surface area contributed by atoms with Crippen LogP contribution in [0.25, 0.3) is 0 Å². The molecule has 4 heteroatoms. The van der Waals surface area contributed by atoms with Crippen molar-refractivity contribution in [1.82, 2.24) is 4.98 Å². The maximum Gasteiger partial charge on any atom is 0.128 e. The molecule has 21 heavy (non-hydrogen) atoms. The Morgan fingerprint density at radius 1 is 1.14 bits per heavy atom. The van der Waals surface area contributed by atoms with E-state index >= 15 is 0 Å². The van der Waals surface area contributed by atoms with Gasteiger partial charge in [0.15, 0.2) is 0 Å². The van der Waals surface area contributed by atoms with E-state index in [9.17, 15) is 0 Å². The van der Waals surface area contributed by atoms with E-state index in [-0.39, 0.29) is 11.5 Å². The van der Waals surface area contributed by atoms with E-state index in [0.717, 1.165) is 18.4 Å². The molecule has 0 bridgehead atoms. The summed E-state index contributed by atoms with van der Waals surface area (Å²) in [5.74, 6) is 0.481. The molecule has 4 N–H and O–H groups in total. The van der Waals surface area contributed by atoms with Crippen LogP contribution in [0.5, 0.6) is 0 Å². The van der Waals surface area contributed by atoms with Crippen LogP contribution in [0.3, 0.4) is 0 Å². The van der Waals surface area contributed by atoms with Gasteiger partial charge in [0.05, 0.1) is 5.02 Å². The van der Waals surface area contributed by atoms with Crippen molar-refractivity contribution in [2.45, 2.75) is 37.1 Å². The molecule has 1 aliphatic carbocycles. The lowest BCUT2D eigenvalue weighted by Crippen LogP contribution is -2.37. The summed E-state index contributed by atoms with van der Waals surface area (Å²) in [6.45, 7) is 0. The number of hydrogen-bond acceptors (Lipinski definition) is 3. The fourth-order valence-electron chi connectivity index (χ4n) is 3.57. The van der Waals surface area contributed by atoms with Gasteiger partial charge in [-0.15, -0.1) is 0 Å². The summed E-state index contributed by atoms with van der Waals surface area (Å²) in [6, 6.07) is 12.2. The van der Waals surface area contributed by atoms with Gasteiger partial charge in [0.25, 0.3) is 0 Å². The lowest BCUT2D eigenvalue weighted by molar-refractivity contribution is 0.357. The molecule has 110 valence electrons. The standard InChI is InChI=1S/C17H20ClN3/c18-13-10-14(16(20)21-11-13)15(19)17(8-4-5-9-17)12-6-2-1-3-7-12/h1-3,6-7,10-11,15H,4-5,8-9,19H2,(H2,20,21). The number of hydrogen-bond donors (Lipinski definition) is 2. The minimum absolute atomic E-state index is 0.0677. The average Bonchev–Trinajstić information content (AvgIpc) is 3.01. The van der Waals surface area contributed by atoms with Gasteiger partial charge in [0.2, 0.25) is 0 Å². The van der Waals surface area contributed by atoms with Crippen molar-refractivity contribution in [2.24, 2.45) is 5.73 Å². The Labute approximate surface area is 130 Å². The Morgan fingerprint density at radius 2 is 1.81 bits per heavy atom. The van der Waals surface area contributed by atoms with Gasteiger partial charge in [-0.25, -0.2) is 4.98 Å². The molecule has 1 aromatic carbocycles. The third kappa shape index (κ3) is 2.52. The van der Waals surface area contributed by atoms with Crippen LogP contribution in [0, 0.1) is 0 Å². The highest BCUT2D eigenvalue weighted by atomic mass is 35.5. The second kappa shape index (κ2) is 5.66. The van der Waals surface area contributed by atoms with Crippen LogP contribution in [-0.2, 0) is 5.41 Å². The van der Waals surface area contributed by atoms with Crippen molar-refractivity contribution in [2.75, 3.05) is 5.73 Å². The zero-order valence-electron chi connectivity index (χ0n) is 11.9. The molecule has 0 aliphatic heterocycles. The molecule has 3 rings (SSSR count). The van der Waals surface area contributed by atoms with Crippen LogP contribution in [0.15, 0.2) is 42.6 Å². The first kappa shape index (κ1) is 14.4. The topological polar surface area (TPSA) is 64.9 Å². The molecular weight excluding hydrogens is 282 g/mol. The number of anilines is 1. The molecule has 1 aliphatic rings. The number of nitrogen functional groups attached to an aromatic ring is 1. The molecule has 1 aromatic heterocycles. The van der Waals surface area contributed by atoms with Crippen LogP contribution in [0.1, 0.15) is 42.9 Å². The van der Waals surface area contributed by atoms with Gasteiger partial charge in [-0.3, -0.25) is 0 Å². The van der Waals surface area contributed by atoms with Crippen LogP contribution in [-0.4, -0.2) is 4.98 Å². The van der Waals surface area contributed by atoms with Gasteiger partial charge in [-0.05, 0) is 24.5 Å². The molecule has 0 radical (unpaired) electrons. The summed E-state index contributed by atoms with van der Waals surface area (Å²) in [4.78, 5) is 4.16. The number of pyridine rings is 1. The third-order valence-corrected chi connectivity index (χ3v) is 4.90. The molecule has 0 saturated heterocycles. The predicted molar refractivity (Wildman–Crippen MR) is 87.2 cm³/mol. The predicted octanol–water partition coefficient (Wildman–Crippen LogP) is 3.83. The Morgan fingerprint density at radius 3 is 2.48 bits per heavy atom. The number of halogens is 1. The third-order valence-electron chi connectivity index (χ3n) is 4.69. The zero-order chi connectivity index (χ0) is 14.9. The van der Waals surface area contributed by atoms with Crippen molar-refractivity contribution >= 4 is 17.4 Å². The summed E-state index contributed by atoms with van der Waals surface area (Å²) in [5.41, 5.74) is 14.8. The van der Waals surface area contributed by atoms with E-state index in [1.807, 2.05) is 12.1 Å². The summed E-state index contributed by atoms with van der Waals surface area (Å²) in [5, 5.41) is 0.579. The van der Waals surface area contributed by atoms with Crippen LogP contribution < -0.4 is 11.5 Å². The maximum atomic E-state index is 6.66. The zero-order valence-corrected chi connectivity index (χ0v) is 12.7. The molecule has 1 saturated carbocycles. The molecule has 1 unspecified atom stereocenters. The Bertz CT molecular complexity index is 621. The highest BCUT2D eigenvalue weighted by Gasteiger charge is 2.42. The minimum atomic E-state index is -0.186. The summed E-state index contributed by atoms with van der Waals surface area (Å²) < 4.78 is 0. The quantitative estimate of drug-likeness (QED) is 0.905. The lowest BCUT2D eigenvalue weighted by Gasteiger charge is -2.36. The van der Waals surface area contributed by atoms with Gasteiger partial charge in [0, 0.05) is 23.2 Å².